The lowest BCUT2D eigenvalue weighted by molar-refractivity contribution is 0.565. The van der Waals surface area contributed by atoms with Gasteiger partial charge < -0.3 is 0 Å². The van der Waals surface area contributed by atoms with Gasteiger partial charge in [0.1, 0.15) is 5.70 Å². The van der Waals surface area contributed by atoms with Crippen LogP contribution in [0.4, 0.5) is 0 Å². The largest absolute Gasteiger partial charge is 0.241 e. The molecule has 0 radical (unpaired) electrons. The topological polar surface area (TPSA) is 29.4 Å². The van der Waals surface area contributed by atoms with Crippen LogP contribution in [0.25, 0.3) is 5.70 Å². The number of thiophene rings is 1. The van der Waals surface area contributed by atoms with Gasteiger partial charge in [-0.25, -0.2) is 4.79 Å². The van der Waals surface area contributed by atoms with E-state index in [0.29, 0.717) is 5.70 Å². The lowest BCUT2D eigenvalue weighted by Crippen LogP contribution is -1.69. The summed E-state index contributed by atoms with van der Waals surface area (Å²) in [5.41, 5.74) is 3.01. The van der Waals surface area contributed by atoms with Gasteiger partial charge in [0.2, 0.25) is 6.08 Å². The molecule has 1 heterocycles. The van der Waals surface area contributed by atoms with E-state index in [9.17, 15) is 4.79 Å². The molecule has 0 fully saturated rings. The normalized spacial score (nSPS) is 8.00. The molecule has 0 saturated heterocycles. The highest BCUT2D eigenvalue weighted by atomic mass is 32.1. The Morgan fingerprint density at radius 2 is 2.55 bits per heavy atom. The molecule has 0 spiro atoms. The van der Waals surface area contributed by atoms with Crippen LogP contribution in [-0.4, -0.2) is 6.08 Å². The molecular formula is C8H5NOS. The lowest BCUT2D eigenvalue weighted by Gasteiger charge is -1.86. The van der Waals surface area contributed by atoms with E-state index < -0.39 is 0 Å². The second kappa shape index (κ2) is 3.69. The van der Waals surface area contributed by atoms with Crippen LogP contribution in [0.1, 0.15) is 4.88 Å². The van der Waals surface area contributed by atoms with Crippen molar-refractivity contribution in [2.24, 2.45) is 4.99 Å². The van der Waals surface area contributed by atoms with E-state index in [1.807, 2.05) is 17.5 Å². The highest BCUT2D eigenvalue weighted by Gasteiger charge is 1.97. The van der Waals surface area contributed by atoms with Crippen LogP contribution in [0.15, 0.2) is 34.8 Å². The number of isocyanates is 1. The fraction of sp³-hybridized carbons (Fsp3) is 0. The zero-order valence-corrected chi connectivity index (χ0v) is 6.52. The molecule has 0 aliphatic heterocycles. The Morgan fingerprint density at radius 3 is 3.00 bits per heavy atom. The molecule has 2 nitrogen and oxygen atoms in total. The van der Waals surface area contributed by atoms with Gasteiger partial charge in [0.15, 0.2) is 0 Å². The third kappa shape index (κ3) is 1.76. The zero-order chi connectivity index (χ0) is 8.10. The fourth-order valence-electron chi connectivity index (χ4n) is 0.641. The van der Waals surface area contributed by atoms with E-state index in [2.05, 4.69) is 17.3 Å². The summed E-state index contributed by atoms with van der Waals surface area (Å²) < 4.78 is 0. The molecule has 54 valence electrons. The molecule has 0 N–H and O–H groups in total. The average molecular weight is 163 g/mol. The number of carbonyl (C=O) groups excluding carboxylic acids is 1. The first kappa shape index (κ1) is 7.70. The molecular weight excluding hydrogens is 158 g/mol. The van der Waals surface area contributed by atoms with Crippen molar-refractivity contribution in [3.63, 3.8) is 0 Å². The van der Waals surface area contributed by atoms with Crippen LogP contribution in [0.5, 0.6) is 0 Å². The van der Waals surface area contributed by atoms with Crippen molar-refractivity contribution in [1.29, 1.82) is 0 Å². The van der Waals surface area contributed by atoms with Crippen LogP contribution in [-0.2, 0) is 4.79 Å². The van der Waals surface area contributed by atoms with Gasteiger partial charge in [-0.2, -0.15) is 4.99 Å². The van der Waals surface area contributed by atoms with Crippen LogP contribution < -0.4 is 0 Å². The minimum Gasteiger partial charge on any atom is -0.211 e. The quantitative estimate of drug-likeness (QED) is 0.373. The molecule has 0 saturated carbocycles. The van der Waals surface area contributed by atoms with Gasteiger partial charge in [0.25, 0.3) is 0 Å². The van der Waals surface area contributed by atoms with E-state index >= 15 is 0 Å². The van der Waals surface area contributed by atoms with Gasteiger partial charge in [0, 0.05) is 0 Å². The fourth-order valence-corrected chi connectivity index (χ4v) is 1.33. The van der Waals surface area contributed by atoms with E-state index in [1.54, 1.807) is 0 Å². The minimum absolute atomic E-state index is 0.454. The number of hydrogen-bond donors (Lipinski definition) is 0. The Balaban J connectivity index is 3.08. The Morgan fingerprint density at radius 1 is 1.73 bits per heavy atom. The highest BCUT2D eigenvalue weighted by Crippen LogP contribution is 2.18. The maximum atomic E-state index is 9.89. The monoisotopic (exact) mass is 163 g/mol. The van der Waals surface area contributed by atoms with Crippen molar-refractivity contribution in [2.45, 2.75) is 0 Å². The van der Waals surface area contributed by atoms with Gasteiger partial charge in [-0.1, -0.05) is 18.4 Å². The van der Waals surface area contributed by atoms with Gasteiger partial charge in [-0.05, 0) is 11.4 Å². The molecule has 0 bridgehead atoms. The molecule has 1 rings (SSSR count). The van der Waals surface area contributed by atoms with Gasteiger partial charge in [-0.3, -0.25) is 0 Å². The summed E-state index contributed by atoms with van der Waals surface area (Å²) in [4.78, 5) is 14.2. The summed E-state index contributed by atoms with van der Waals surface area (Å²) in [6, 6.07) is 3.72. The van der Waals surface area contributed by atoms with Crippen molar-refractivity contribution >= 4 is 23.1 Å². The van der Waals surface area contributed by atoms with E-state index in [-0.39, 0.29) is 0 Å². The van der Waals surface area contributed by atoms with Crippen molar-refractivity contribution in [3.8, 4) is 0 Å². The van der Waals surface area contributed by atoms with Gasteiger partial charge >= 0.3 is 0 Å². The van der Waals surface area contributed by atoms with Crippen molar-refractivity contribution in [1.82, 2.24) is 0 Å². The molecule has 11 heavy (non-hydrogen) atoms. The zero-order valence-electron chi connectivity index (χ0n) is 5.70. The third-order valence-corrected chi connectivity index (χ3v) is 1.96. The predicted molar refractivity (Wildman–Crippen MR) is 45.0 cm³/mol. The summed E-state index contributed by atoms with van der Waals surface area (Å²) in [5.74, 6) is 0. The van der Waals surface area contributed by atoms with Crippen LogP contribution >= 0.6 is 11.3 Å². The number of rotatable bonds is 2. The van der Waals surface area contributed by atoms with Crippen LogP contribution in [0.2, 0.25) is 0 Å². The molecule has 0 atom stereocenters. The van der Waals surface area contributed by atoms with E-state index in [1.165, 1.54) is 17.4 Å². The highest BCUT2D eigenvalue weighted by molar-refractivity contribution is 7.11. The van der Waals surface area contributed by atoms with Crippen LogP contribution in [0.3, 0.4) is 0 Å². The molecule has 1 aromatic heterocycles. The second-order valence-electron chi connectivity index (χ2n) is 1.71. The number of nitrogens with zero attached hydrogens (tertiary/aromatic N) is 1. The molecule has 0 aliphatic rings. The standard InChI is InChI=1S/C8H5NOS/c1-2-7(9-6-10)8-4-3-5-11-8/h3-5H,1H2. The van der Waals surface area contributed by atoms with Crippen molar-refractivity contribution in [3.05, 3.63) is 34.7 Å². The maximum absolute atomic E-state index is 9.89. The van der Waals surface area contributed by atoms with E-state index in [4.69, 9.17) is 0 Å². The minimum atomic E-state index is 0.454. The second-order valence-corrected chi connectivity index (χ2v) is 2.65. The number of hydrogen-bond acceptors (Lipinski definition) is 3. The molecule has 0 unspecified atom stereocenters. The first-order valence-electron chi connectivity index (χ1n) is 2.90. The van der Waals surface area contributed by atoms with Crippen LogP contribution in [0, 0.1) is 0 Å². The Kier molecular flexibility index (Phi) is 2.59. The Labute approximate surface area is 68.2 Å². The molecule has 0 aromatic carbocycles. The maximum Gasteiger partial charge on any atom is 0.241 e. The SMILES string of the molecule is C=C=C(N=C=O)c1cccs1. The number of aliphatic imine (C=N–C) groups is 1. The average Bonchev–Trinajstić information content (AvgIpc) is 2.52. The summed E-state index contributed by atoms with van der Waals surface area (Å²) in [5, 5.41) is 1.90. The van der Waals surface area contributed by atoms with Gasteiger partial charge in [0.05, 0.1) is 4.88 Å². The Bertz CT molecular complexity index is 327. The van der Waals surface area contributed by atoms with Crippen molar-refractivity contribution in [2.75, 3.05) is 0 Å². The first-order valence-corrected chi connectivity index (χ1v) is 3.78. The van der Waals surface area contributed by atoms with E-state index in [0.717, 1.165) is 4.88 Å². The molecule has 1 aromatic rings. The molecule has 3 heteroatoms. The third-order valence-electron chi connectivity index (χ3n) is 1.08. The van der Waals surface area contributed by atoms with Crippen molar-refractivity contribution < 1.29 is 4.79 Å². The smallest absolute Gasteiger partial charge is 0.211 e. The summed E-state index contributed by atoms with van der Waals surface area (Å²) >= 11 is 1.48. The lowest BCUT2D eigenvalue weighted by atomic mass is 10.4. The summed E-state index contributed by atoms with van der Waals surface area (Å²) in [6.45, 7) is 3.41. The summed E-state index contributed by atoms with van der Waals surface area (Å²) in [6.07, 6.45) is 1.45. The molecule has 0 aliphatic carbocycles. The molecule has 0 amide bonds. The van der Waals surface area contributed by atoms with Gasteiger partial charge in [-0.15, -0.1) is 11.3 Å². The summed E-state index contributed by atoms with van der Waals surface area (Å²) in [7, 11) is 0. The first-order chi connectivity index (χ1) is 5.38. The Hall–Kier alpha value is -1.40. The predicted octanol–water partition coefficient (Wildman–Crippen LogP) is 2.21.